The molecule has 7 nitrogen and oxygen atoms in total. The molecule has 138 valence electrons. The van der Waals surface area contributed by atoms with Gasteiger partial charge in [-0.1, -0.05) is 23.2 Å². The molecule has 0 saturated carbocycles. The quantitative estimate of drug-likeness (QED) is 0.848. The van der Waals surface area contributed by atoms with Crippen LogP contribution in [0, 0.1) is 0 Å². The maximum Gasteiger partial charge on any atom is 0.409 e. The molecule has 0 radical (unpaired) electrons. The molecule has 3 rings (SSSR count). The standard InChI is InChI=1S/C17H19Cl2N5O2/c1-2-26-17(25)24-9-7-23(8-10-24)16-20-6-5-15(22-16)21-14-4-3-12(18)11-13(14)19/h3-6,11H,2,7-10H2,1H3,(H,20,21,22). The van der Waals surface area contributed by atoms with Crippen LogP contribution in [0.1, 0.15) is 6.92 Å². The number of aromatic nitrogens is 2. The Kier molecular flexibility index (Phi) is 6.00. The molecular weight excluding hydrogens is 377 g/mol. The SMILES string of the molecule is CCOC(=O)N1CCN(c2nccc(Nc3ccc(Cl)cc3Cl)n2)CC1. The molecule has 0 spiro atoms. The van der Waals surface area contributed by atoms with Crippen LogP contribution < -0.4 is 10.2 Å². The number of ether oxygens (including phenoxy) is 1. The van der Waals surface area contributed by atoms with Crippen LogP contribution in [-0.2, 0) is 4.74 Å². The van der Waals surface area contributed by atoms with Crippen molar-refractivity contribution in [2.45, 2.75) is 6.92 Å². The Hall–Kier alpha value is -2.25. The highest BCUT2D eigenvalue weighted by Gasteiger charge is 2.23. The number of amides is 1. The van der Waals surface area contributed by atoms with Crippen molar-refractivity contribution in [2.75, 3.05) is 43.0 Å². The molecule has 1 aromatic heterocycles. The normalized spacial score (nSPS) is 14.3. The lowest BCUT2D eigenvalue weighted by atomic mass is 10.3. The number of rotatable bonds is 4. The third-order valence-electron chi connectivity index (χ3n) is 3.93. The second kappa shape index (κ2) is 8.42. The number of halogens is 2. The number of benzene rings is 1. The molecule has 1 aromatic carbocycles. The lowest BCUT2D eigenvalue weighted by molar-refractivity contribution is 0.105. The minimum Gasteiger partial charge on any atom is -0.450 e. The molecule has 0 aliphatic carbocycles. The summed E-state index contributed by atoms with van der Waals surface area (Å²) in [6.07, 6.45) is 1.41. The molecule has 26 heavy (non-hydrogen) atoms. The smallest absolute Gasteiger partial charge is 0.409 e. The van der Waals surface area contributed by atoms with E-state index in [1.807, 2.05) is 4.90 Å². The fourth-order valence-electron chi connectivity index (χ4n) is 2.60. The van der Waals surface area contributed by atoms with Gasteiger partial charge in [0.05, 0.1) is 17.3 Å². The van der Waals surface area contributed by atoms with Gasteiger partial charge >= 0.3 is 6.09 Å². The summed E-state index contributed by atoms with van der Waals surface area (Å²) < 4.78 is 5.03. The second-order valence-electron chi connectivity index (χ2n) is 5.66. The van der Waals surface area contributed by atoms with Gasteiger partial charge in [-0.05, 0) is 31.2 Å². The molecule has 9 heteroatoms. The molecular formula is C17H19Cl2N5O2. The minimum absolute atomic E-state index is 0.277. The van der Waals surface area contributed by atoms with Gasteiger partial charge in [0.25, 0.3) is 0 Å². The summed E-state index contributed by atoms with van der Waals surface area (Å²) in [5.41, 5.74) is 0.716. The Morgan fingerprint density at radius 1 is 1.23 bits per heavy atom. The summed E-state index contributed by atoms with van der Waals surface area (Å²) in [5, 5.41) is 4.26. The summed E-state index contributed by atoms with van der Waals surface area (Å²) in [5.74, 6) is 1.23. The number of nitrogens with one attached hydrogen (secondary N) is 1. The fourth-order valence-corrected chi connectivity index (χ4v) is 3.06. The van der Waals surface area contributed by atoms with Gasteiger partial charge in [0, 0.05) is 37.4 Å². The number of carbonyl (C=O) groups excluding carboxylic acids is 1. The molecule has 1 aliphatic heterocycles. The fraction of sp³-hybridized carbons (Fsp3) is 0.353. The van der Waals surface area contributed by atoms with E-state index in [-0.39, 0.29) is 6.09 Å². The van der Waals surface area contributed by atoms with Gasteiger partial charge in [-0.25, -0.2) is 9.78 Å². The van der Waals surface area contributed by atoms with Gasteiger partial charge < -0.3 is 19.9 Å². The zero-order valence-electron chi connectivity index (χ0n) is 14.3. The number of piperazine rings is 1. The van der Waals surface area contributed by atoms with E-state index >= 15 is 0 Å². The molecule has 0 unspecified atom stereocenters. The Morgan fingerprint density at radius 2 is 2.00 bits per heavy atom. The largest absolute Gasteiger partial charge is 0.450 e. The van der Waals surface area contributed by atoms with Crippen LogP contribution in [0.4, 0.5) is 22.2 Å². The van der Waals surface area contributed by atoms with Crippen LogP contribution >= 0.6 is 23.2 Å². The van der Waals surface area contributed by atoms with E-state index in [2.05, 4.69) is 15.3 Å². The summed E-state index contributed by atoms with van der Waals surface area (Å²) in [6, 6.07) is 6.99. The van der Waals surface area contributed by atoms with Crippen LogP contribution in [0.15, 0.2) is 30.5 Å². The van der Waals surface area contributed by atoms with E-state index in [4.69, 9.17) is 27.9 Å². The third kappa shape index (κ3) is 4.47. The number of carbonyl (C=O) groups is 1. The van der Waals surface area contributed by atoms with Crippen LogP contribution in [0.2, 0.25) is 10.0 Å². The van der Waals surface area contributed by atoms with Gasteiger partial charge in [0.1, 0.15) is 5.82 Å². The molecule has 1 fully saturated rings. The van der Waals surface area contributed by atoms with Crippen molar-refractivity contribution >= 4 is 46.7 Å². The first kappa shape index (κ1) is 18.5. The van der Waals surface area contributed by atoms with Crippen molar-refractivity contribution in [2.24, 2.45) is 0 Å². The van der Waals surface area contributed by atoms with E-state index in [1.54, 1.807) is 42.3 Å². The van der Waals surface area contributed by atoms with E-state index in [9.17, 15) is 4.79 Å². The highest BCUT2D eigenvalue weighted by atomic mass is 35.5. The third-order valence-corrected chi connectivity index (χ3v) is 4.47. The van der Waals surface area contributed by atoms with Crippen molar-refractivity contribution in [3.8, 4) is 0 Å². The zero-order chi connectivity index (χ0) is 18.5. The number of nitrogens with zero attached hydrogens (tertiary/aromatic N) is 4. The first-order chi connectivity index (χ1) is 12.6. The summed E-state index contributed by atoms with van der Waals surface area (Å²) >= 11 is 12.1. The molecule has 1 amide bonds. The van der Waals surface area contributed by atoms with Gasteiger partial charge in [0.2, 0.25) is 5.95 Å². The first-order valence-electron chi connectivity index (χ1n) is 8.28. The van der Waals surface area contributed by atoms with Crippen molar-refractivity contribution in [1.29, 1.82) is 0 Å². The van der Waals surface area contributed by atoms with Crippen molar-refractivity contribution in [3.05, 3.63) is 40.5 Å². The lowest BCUT2D eigenvalue weighted by Gasteiger charge is -2.34. The maximum absolute atomic E-state index is 11.8. The molecule has 2 heterocycles. The molecule has 2 aromatic rings. The van der Waals surface area contributed by atoms with E-state index in [0.29, 0.717) is 60.3 Å². The van der Waals surface area contributed by atoms with E-state index < -0.39 is 0 Å². The highest BCUT2D eigenvalue weighted by Crippen LogP contribution is 2.28. The van der Waals surface area contributed by atoms with Crippen LogP contribution in [0.25, 0.3) is 0 Å². The monoisotopic (exact) mass is 395 g/mol. The van der Waals surface area contributed by atoms with Crippen molar-refractivity contribution in [3.63, 3.8) is 0 Å². The summed E-state index contributed by atoms with van der Waals surface area (Å²) in [6.45, 7) is 4.61. The molecule has 0 atom stereocenters. The first-order valence-corrected chi connectivity index (χ1v) is 9.04. The van der Waals surface area contributed by atoms with Crippen LogP contribution in [0.3, 0.4) is 0 Å². The molecule has 1 saturated heterocycles. The lowest BCUT2D eigenvalue weighted by Crippen LogP contribution is -2.49. The van der Waals surface area contributed by atoms with Crippen molar-refractivity contribution in [1.82, 2.24) is 14.9 Å². The number of anilines is 3. The average molecular weight is 396 g/mol. The van der Waals surface area contributed by atoms with Crippen LogP contribution in [-0.4, -0.2) is 53.7 Å². The summed E-state index contributed by atoms with van der Waals surface area (Å²) in [7, 11) is 0. The molecule has 1 aliphatic rings. The Morgan fingerprint density at radius 3 is 2.69 bits per heavy atom. The zero-order valence-corrected chi connectivity index (χ0v) is 15.8. The topological polar surface area (TPSA) is 70.6 Å². The minimum atomic E-state index is -0.277. The average Bonchev–Trinajstić information content (AvgIpc) is 2.65. The molecule has 0 bridgehead atoms. The summed E-state index contributed by atoms with van der Waals surface area (Å²) in [4.78, 5) is 24.4. The Balaban J connectivity index is 1.65. The van der Waals surface area contributed by atoms with Crippen LogP contribution in [0.5, 0.6) is 0 Å². The maximum atomic E-state index is 11.8. The second-order valence-corrected chi connectivity index (χ2v) is 6.51. The predicted octanol–water partition coefficient (Wildman–Crippen LogP) is 3.81. The Labute approximate surface area is 161 Å². The highest BCUT2D eigenvalue weighted by molar-refractivity contribution is 6.36. The van der Waals surface area contributed by atoms with Gasteiger partial charge in [-0.15, -0.1) is 0 Å². The number of hydrogen-bond acceptors (Lipinski definition) is 6. The Bertz CT molecular complexity index is 781. The van der Waals surface area contributed by atoms with E-state index in [0.717, 1.165) is 0 Å². The van der Waals surface area contributed by atoms with Gasteiger partial charge in [-0.3, -0.25) is 0 Å². The number of hydrogen-bond donors (Lipinski definition) is 1. The van der Waals surface area contributed by atoms with Gasteiger partial charge in [-0.2, -0.15) is 4.98 Å². The molecule has 1 N–H and O–H groups in total. The van der Waals surface area contributed by atoms with Gasteiger partial charge in [0.15, 0.2) is 0 Å². The predicted molar refractivity (Wildman–Crippen MR) is 103 cm³/mol. The van der Waals surface area contributed by atoms with E-state index in [1.165, 1.54) is 0 Å². The van der Waals surface area contributed by atoms with Crippen molar-refractivity contribution < 1.29 is 9.53 Å².